The van der Waals surface area contributed by atoms with Gasteiger partial charge < -0.3 is 9.88 Å². The molecule has 0 unspecified atom stereocenters. The first-order chi connectivity index (χ1) is 10.2. The maximum absolute atomic E-state index is 12.0. The second-order valence-corrected chi connectivity index (χ2v) is 4.98. The molecule has 0 aliphatic heterocycles. The van der Waals surface area contributed by atoms with Crippen LogP contribution >= 0.6 is 0 Å². The monoisotopic (exact) mass is 283 g/mol. The third-order valence-corrected chi connectivity index (χ3v) is 3.48. The van der Waals surface area contributed by atoms with E-state index in [4.69, 9.17) is 0 Å². The first-order valence-electron chi connectivity index (χ1n) is 6.92. The molecule has 6 nitrogen and oxygen atoms in total. The number of carbonyl (C=O) groups excluding carboxylic acids is 1. The van der Waals surface area contributed by atoms with Gasteiger partial charge in [-0.25, -0.2) is 4.98 Å². The van der Waals surface area contributed by atoms with Crippen molar-refractivity contribution in [1.29, 1.82) is 0 Å². The number of rotatable bonds is 5. The molecule has 0 aliphatic rings. The number of fused-ring (bicyclic) bond motifs is 1. The fraction of sp³-hybridized carbons (Fsp3) is 0.267. The molecule has 108 valence electrons. The van der Waals surface area contributed by atoms with Crippen LogP contribution in [-0.2, 0) is 11.3 Å². The largest absolute Gasteiger partial charge is 0.347 e. The average Bonchev–Trinajstić information content (AvgIpc) is 3.15. The van der Waals surface area contributed by atoms with Gasteiger partial charge in [-0.3, -0.25) is 9.89 Å². The molecule has 0 saturated heterocycles. The highest BCUT2D eigenvalue weighted by atomic mass is 16.1. The Balaban J connectivity index is 1.58. The summed E-state index contributed by atoms with van der Waals surface area (Å²) in [6.07, 6.45) is 3.87. The summed E-state index contributed by atoms with van der Waals surface area (Å²) >= 11 is 0. The maximum atomic E-state index is 12.0. The van der Waals surface area contributed by atoms with E-state index in [0.29, 0.717) is 18.8 Å². The van der Waals surface area contributed by atoms with Crippen molar-refractivity contribution >= 4 is 16.8 Å². The Bertz CT molecular complexity index is 731. The van der Waals surface area contributed by atoms with Crippen molar-refractivity contribution < 1.29 is 4.79 Å². The second kappa shape index (κ2) is 5.78. The highest BCUT2D eigenvalue weighted by molar-refractivity contribution is 5.80. The predicted molar refractivity (Wildman–Crippen MR) is 79.5 cm³/mol. The number of amides is 1. The van der Waals surface area contributed by atoms with E-state index >= 15 is 0 Å². The molecule has 3 rings (SSSR count). The topological polar surface area (TPSA) is 75.6 Å². The van der Waals surface area contributed by atoms with Crippen LogP contribution in [0.25, 0.3) is 10.9 Å². The number of nitrogens with one attached hydrogen (secondary N) is 2. The third kappa shape index (κ3) is 2.94. The normalized spacial score (nSPS) is 12.4. The van der Waals surface area contributed by atoms with Crippen LogP contribution in [0.3, 0.4) is 0 Å². The van der Waals surface area contributed by atoms with Crippen molar-refractivity contribution in [3.63, 3.8) is 0 Å². The molecule has 1 amide bonds. The summed E-state index contributed by atoms with van der Waals surface area (Å²) in [6, 6.07) is 10.0. The Morgan fingerprint density at radius 3 is 3.05 bits per heavy atom. The van der Waals surface area contributed by atoms with Gasteiger partial charge in [-0.2, -0.15) is 5.10 Å². The number of nitrogens with zero attached hydrogens (tertiary/aromatic N) is 3. The van der Waals surface area contributed by atoms with E-state index in [-0.39, 0.29) is 11.9 Å². The fourth-order valence-electron chi connectivity index (χ4n) is 2.36. The minimum absolute atomic E-state index is 0.00307. The lowest BCUT2D eigenvalue weighted by Gasteiger charge is -2.11. The number of hydrogen-bond donors (Lipinski definition) is 2. The van der Waals surface area contributed by atoms with Crippen LogP contribution in [0.2, 0.25) is 0 Å². The maximum Gasteiger partial charge on any atom is 0.222 e. The van der Waals surface area contributed by atoms with E-state index in [1.165, 1.54) is 11.7 Å². The summed E-state index contributed by atoms with van der Waals surface area (Å²) in [5.41, 5.74) is 1.15. The van der Waals surface area contributed by atoms with Gasteiger partial charge in [0.1, 0.15) is 12.2 Å². The lowest BCUT2D eigenvalue weighted by molar-refractivity contribution is -0.122. The minimum Gasteiger partial charge on any atom is -0.347 e. The highest BCUT2D eigenvalue weighted by Crippen LogP contribution is 2.15. The number of hydrogen-bond acceptors (Lipinski definition) is 3. The van der Waals surface area contributed by atoms with Gasteiger partial charge in [0, 0.05) is 24.7 Å². The van der Waals surface area contributed by atoms with Crippen molar-refractivity contribution in [1.82, 2.24) is 25.1 Å². The average molecular weight is 283 g/mol. The van der Waals surface area contributed by atoms with Gasteiger partial charge in [0.2, 0.25) is 5.91 Å². The zero-order valence-corrected chi connectivity index (χ0v) is 11.8. The minimum atomic E-state index is -0.165. The van der Waals surface area contributed by atoms with Gasteiger partial charge in [0.25, 0.3) is 0 Å². The highest BCUT2D eigenvalue weighted by Gasteiger charge is 2.12. The second-order valence-electron chi connectivity index (χ2n) is 4.98. The van der Waals surface area contributed by atoms with Crippen LogP contribution in [-0.4, -0.2) is 25.7 Å². The summed E-state index contributed by atoms with van der Waals surface area (Å²) in [6.45, 7) is 2.53. The Hall–Kier alpha value is -2.63. The molecule has 1 aromatic carbocycles. The van der Waals surface area contributed by atoms with E-state index in [2.05, 4.69) is 43.3 Å². The molecule has 0 fully saturated rings. The Morgan fingerprint density at radius 1 is 1.38 bits per heavy atom. The zero-order valence-electron chi connectivity index (χ0n) is 11.8. The van der Waals surface area contributed by atoms with Gasteiger partial charge in [-0.1, -0.05) is 18.2 Å². The van der Waals surface area contributed by atoms with Crippen LogP contribution < -0.4 is 5.32 Å². The van der Waals surface area contributed by atoms with Gasteiger partial charge in [0.15, 0.2) is 0 Å². The molecule has 2 N–H and O–H groups in total. The van der Waals surface area contributed by atoms with E-state index in [1.54, 1.807) is 0 Å². The quantitative estimate of drug-likeness (QED) is 0.752. The van der Waals surface area contributed by atoms with Crippen molar-refractivity contribution in [2.75, 3.05) is 0 Å². The van der Waals surface area contributed by atoms with Crippen molar-refractivity contribution in [3.05, 3.63) is 48.7 Å². The molecule has 6 heteroatoms. The molecule has 0 aliphatic carbocycles. The summed E-state index contributed by atoms with van der Waals surface area (Å²) in [4.78, 5) is 16.0. The Labute approximate surface area is 122 Å². The molecular weight excluding hydrogens is 266 g/mol. The van der Waals surface area contributed by atoms with E-state index in [1.807, 2.05) is 25.3 Å². The number of aryl methyl sites for hydroxylation is 1. The van der Waals surface area contributed by atoms with Crippen molar-refractivity contribution in [3.8, 4) is 0 Å². The van der Waals surface area contributed by atoms with Gasteiger partial charge in [0.05, 0.1) is 6.04 Å². The van der Waals surface area contributed by atoms with Crippen molar-refractivity contribution in [2.24, 2.45) is 0 Å². The van der Waals surface area contributed by atoms with Crippen LogP contribution in [0.15, 0.2) is 42.9 Å². The molecule has 0 bridgehead atoms. The number of H-pyrrole nitrogens is 1. The number of aromatic nitrogens is 4. The van der Waals surface area contributed by atoms with Gasteiger partial charge >= 0.3 is 0 Å². The standard InChI is InChI=1S/C15H17N5O/c1-11(15-16-10-17-19-15)18-14(21)7-9-20-8-6-12-4-2-3-5-13(12)20/h2-6,8,10-11H,7,9H2,1H3,(H,18,21)(H,16,17,19)/t11-/m0/s1. The van der Waals surface area contributed by atoms with Crippen molar-refractivity contribution in [2.45, 2.75) is 25.9 Å². The summed E-state index contributed by atoms with van der Waals surface area (Å²) in [7, 11) is 0. The van der Waals surface area contributed by atoms with Gasteiger partial charge in [-0.05, 0) is 24.4 Å². The first kappa shape index (κ1) is 13.4. The molecule has 1 atom stereocenters. The predicted octanol–water partition coefficient (Wildman–Crippen LogP) is 2.03. The lowest BCUT2D eigenvalue weighted by atomic mass is 10.2. The number of benzene rings is 1. The smallest absolute Gasteiger partial charge is 0.222 e. The number of carbonyl (C=O) groups is 1. The molecule has 0 radical (unpaired) electrons. The molecule has 0 spiro atoms. The molecule has 2 heterocycles. The van der Waals surface area contributed by atoms with Crippen LogP contribution in [0, 0.1) is 0 Å². The molecule has 0 saturated carbocycles. The first-order valence-corrected chi connectivity index (χ1v) is 6.92. The number of aromatic amines is 1. The third-order valence-electron chi connectivity index (χ3n) is 3.48. The zero-order chi connectivity index (χ0) is 14.7. The molecular formula is C15H17N5O. The van der Waals surface area contributed by atoms with Crippen LogP contribution in [0.1, 0.15) is 25.2 Å². The Kier molecular flexibility index (Phi) is 3.68. The SMILES string of the molecule is C[C@H](NC(=O)CCn1ccc2ccccc21)c1ncn[nH]1. The lowest BCUT2D eigenvalue weighted by Crippen LogP contribution is -2.28. The fourth-order valence-corrected chi connectivity index (χ4v) is 2.36. The summed E-state index contributed by atoms with van der Waals surface area (Å²) in [5, 5.41) is 10.6. The molecule has 3 aromatic rings. The van der Waals surface area contributed by atoms with E-state index in [9.17, 15) is 4.79 Å². The van der Waals surface area contributed by atoms with E-state index in [0.717, 1.165) is 5.52 Å². The number of para-hydroxylation sites is 1. The van der Waals surface area contributed by atoms with Gasteiger partial charge in [-0.15, -0.1) is 0 Å². The van der Waals surface area contributed by atoms with E-state index < -0.39 is 0 Å². The summed E-state index contributed by atoms with van der Waals surface area (Å²) < 4.78 is 2.09. The van der Waals surface area contributed by atoms with Crippen LogP contribution in [0.5, 0.6) is 0 Å². The molecule has 21 heavy (non-hydrogen) atoms. The van der Waals surface area contributed by atoms with Crippen LogP contribution in [0.4, 0.5) is 0 Å². The molecule has 2 aromatic heterocycles. The summed E-state index contributed by atoms with van der Waals surface area (Å²) in [5.74, 6) is 0.659. The Morgan fingerprint density at radius 2 is 2.24 bits per heavy atom.